The van der Waals surface area contributed by atoms with E-state index in [-0.39, 0.29) is 6.10 Å². The van der Waals surface area contributed by atoms with E-state index in [9.17, 15) is 5.11 Å². The third kappa shape index (κ3) is 3.93. The SMILES string of the molecule is CCCn1nc(C)c(N)c1NCCCC(C)O. The molecule has 1 rings (SSSR count). The Hall–Kier alpha value is -1.23. The van der Waals surface area contributed by atoms with Gasteiger partial charge in [0.1, 0.15) is 5.82 Å². The maximum Gasteiger partial charge on any atom is 0.148 e. The summed E-state index contributed by atoms with van der Waals surface area (Å²) in [6.45, 7) is 7.52. The van der Waals surface area contributed by atoms with E-state index in [1.54, 1.807) is 6.92 Å². The summed E-state index contributed by atoms with van der Waals surface area (Å²) in [5, 5.41) is 16.9. The lowest BCUT2D eigenvalue weighted by Gasteiger charge is -2.10. The highest BCUT2D eigenvalue weighted by Crippen LogP contribution is 2.22. The van der Waals surface area contributed by atoms with Crippen LogP contribution < -0.4 is 11.1 Å². The van der Waals surface area contributed by atoms with Gasteiger partial charge in [0.15, 0.2) is 0 Å². The Morgan fingerprint density at radius 2 is 2.24 bits per heavy atom. The van der Waals surface area contributed by atoms with Gasteiger partial charge in [0, 0.05) is 13.1 Å². The van der Waals surface area contributed by atoms with Crippen molar-refractivity contribution in [3.05, 3.63) is 5.69 Å². The fourth-order valence-corrected chi connectivity index (χ4v) is 1.76. The number of hydrogen-bond acceptors (Lipinski definition) is 4. The van der Waals surface area contributed by atoms with Gasteiger partial charge in [-0.25, -0.2) is 4.68 Å². The summed E-state index contributed by atoms with van der Waals surface area (Å²) in [4.78, 5) is 0. The monoisotopic (exact) mass is 240 g/mol. The molecule has 0 saturated carbocycles. The smallest absolute Gasteiger partial charge is 0.148 e. The summed E-state index contributed by atoms with van der Waals surface area (Å²) in [5.74, 6) is 0.912. The third-order valence-electron chi connectivity index (χ3n) is 2.70. The Kier molecular flexibility index (Phi) is 5.28. The van der Waals surface area contributed by atoms with Gasteiger partial charge in [0.25, 0.3) is 0 Å². The highest BCUT2D eigenvalue weighted by atomic mass is 16.3. The summed E-state index contributed by atoms with van der Waals surface area (Å²) >= 11 is 0. The minimum atomic E-state index is -0.239. The highest BCUT2D eigenvalue weighted by Gasteiger charge is 2.11. The molecule has 1 heterocycles. The highest BCUT2D eigenvalue weighted by molar-refractivity contribution is 5.64. The van der Waals surface area contributed by atoms with Crippen molar-refractivity contribution in [1.82, 2.24) is 9.78 Å². The Morgan fingerprint density at radius 1 is 1.53 bits per heavy atom. The van der Waals surface area contributed by atoms with Crippen molar-refractivity contribution in [3.63, 3.8) is 0 Å². The molecule has 1 aromatic heterocycles. The van der Waals surface area contributed by atoms with Gasteiger partial charge in [-0.05, 0) is 33.1 Å². The van der Waals surface area contributed by atoms with Crippen LogP contribution in [0.25, 0.3) is 0 Å². The quantitative estimate of drug-likeness (QED) is 0.635. The summed E-state index contributed by atoms with van der Waals surface area (Å²) in [7, 11) is 0. The molecule has 0 aromatic carbocycles. The molecule has 1 aromatic rings. The van der Waals surface area contributed by atoms with Crippen LogP contribution in [0, 0.1) is 6.92 Å². The van der Waals surface area contributed by atoms with Crippen molar-refractivity contribution in [3.8, 4) is 0 Å². The number of nitrogens with zero attached hydrogens (tertiary/aromatic N) is 2. The lowest BCUT2D eigenvalue weighted by Crippen LogP contribution is -2.12. The summed E-state index contributed by atoms with van der Waals surface area (Å²) < 4.78 is 1.92. The summed E-state index contributed by atoms with van der Waals surface area (Å²) in [6, 6.07) is 0. The van der Waals surface area contributed by atoms with E-state index in [4.69, 9.17) is 5.73 Å². The fourth-order valence-electron chi connectivity index (χ4n) is 1.76. The van der Waals surface area contributed by atoms with Gasteiger partial charge in [0.05, 0.1) is 17.5 Å². The number of nitrogens with two attached hydrogens (primary N) is 1. The average Bonchev–Trinajstić information content (AvgIpc) is 2.51. The zero-order valence-corrected chi connectivity index (χ0v) is 11.0. The lowest BCUT2D eigenvalue weighted by atomic mass is 10.2. The van der Waals surface area contributed by atoms with Crippen LogP contribution in [0.2, 0.25) is 0 Å². The Bertz CT molecular complexity index is 347. The number of rotatable bonds is 7. The first kappa shape index (κ1) is 13.8. The van der Waals surface area contributed by atoms with E-state index in [1.807, 2.05) is 11.6 Å². The molecule has 98 valence electrons. The van der Waals surface area contributed by atoms with Gasteiger partial charge in [-0.2, -0.15) is 5.10 Å². The van der Waals surface area contributed by atoms with Crippen LogP contribution in [0.15, 0.2) is 0 Å². The first-order valence-electron chi connectivity index (χ1n) is 6.31. The van der Waals surface area contributed by atoms with Crippen LogP contribution in [0.4, 0.5) is 11.5 Å². The van der Waals surface area contributed by atoms with E-state index < -0.39 is 0 Å². The second kappa shape index (κ2) is 6.49. The molecule has 0 aliphatic heterocycles. The van der Waals surface area contributed by atoms with Crippen molar-refractivity contribution in [1.29, 1.82) is 0 Å². The number of aryl methyl sites for hydroxylation is 2. The minimum Gasteiger partial charge on any atom is -0.394 e. The second-order valence-corrected chi connectivity index (χ2v) is 4.49. The average molecular weight is 240 g/mol. The molecule has 17 heavy (non-hydrogen) atoms. The van der Waals surface area contributed by atoms with E-state index >= 15 is 0 Å². The third-order valence-corrected chi connectivity index (χ3v) is 2.70. The van der Waals surface area contributed by atoms with Crippen molar-refractivity contribution in [2.24, 2.45) is 0 Å². The molecule has 5 heteroatoms. The van der Waals surface area contributed by atoms with Crippen molar-refractivity contribution in [2.45, 2.75) is 52.7 Å². The zero-order valence-electron chi connectivity index (χ0n) is 11.0. The van der Waals surface area contributed by atoms with E-state index in [0.717, 1.165) is 49.6 Å². The van der Waals surface area contributed by atoms with Crippen LogP contribution >= 0.6 is 0 Å². The standard InChI is InChI=1S/C12H24N4O/c1-4-8-16-12(11(13)10(3)15-16)14-7-5-6-9(2)17/h9,14,17H,4-8,13H2,1-3H3. The van der Waals surface area contributed by atoms with Crippen molar-refractivity contribution < 1.29 is 5.11 Å². The van der Waals surface area contributed by atoms with E-state index in [2.05, 4.69) is 17.3 Å². The first-order valence-corrected chi connectivity index (χ1v) is 6.31. The first-order chi connectivity index (χ1) is 8.06. The summed E-state index contributed by atoms with van der Waals surface area (Å²) in [5.41, 5.74) is 7.58. The molecule has 0 fully saturated rings. The number of aliphatic hydroxyl groups excluding tert-OH is 1. The minimum absolute atomic E-state index is 0.239. The van der Waals surface area contributed by atoms with Crippen molar-refractivity contribution >= 4 is 11.5 Å². The van der Waals surface area contributed by atoms with Gasteiger partial charge in [0.2, 0.25) is 0 Å². The Labute approximate surface area is 103 Å². The number of nitrogens with one attached hydrogen (secondary N) is 1. The molecule has 5 nitrogen and oxygen atoms in total. The predicted molar refractivity (Wildman–Crippen MR) is 71.1 cm³/mol. The van der Waals surface area contributed by atoms with Gasteiger partial charge >= 0.3 is 0 Å². The van der Waals surface area contributed by atoms with Crippen LogP contribution in [0.5, 0.6) is 0 Å². The zero-order chi connectivity index (χ0) is 12.8. The van der Waals surface area contributed by atoms with Crippen LogP contribution in [-0.2, 0) is 6.54 Å². The van der Waals surface area contributed by atoms with E-state index in [0.29, 0.717) is 0 Å². The van der Waals surface area contributed by atoms with Crippen LogP contribution in [-0.4, -0.2) is 27.5 Å². The molecule has 0 amide bonds. The van der Waals surface area contributed by atoms with Crippen molar-refractivity contribution in [2.75, 3.05) is 17.6 Å². The fraction of sp³-hybridized carbons (Fsp3) is 0.750. The Morgan fingerprint density at radius 3 is 2.82 bits per heavy atom. The molecule has 0 spiro atoms. The molecule has 1 unspecified atom stereocenters. The molecule has 4 N–H and O–H groups in total. The molecule has 0 aliphatic carbocycles. The van der Waals surface area contributed by atoms with E-state index in [1.165, 1.54) is 0 Å². The number of hydrogen-bond donors (Lipinski definition) is 3. The molecule has 0 radical (unpaired) electrons. The molecule has 0 saturated heterocycles. The molecular weight excluding hydrogens is 216 g/mol. The van der Waals surface area contributed by atoms with Crippen LogP contribution in [0.1, 0.15) is 38.8 Å². The summed E-state index contributed by atoms with van der Waals surface area (Å²) in [6.07, 6.45) is 2.51. The lowest BCUT2D eigenvalue weighted by molar-refractivity contribution is 0.183. The number of anilines is 2. The molecule has 1 atom stereocenters. The predicted octanol–water partition coefficient (Wildman–Crippen LogP) is 1.76. The molecule has 0 bridgehead atoms. The second-order valence-electron chi connectivity index (χ2n) is 4.49. The molecule has 0 aliphatic rings. The van der Waals surface area contributed by atoms with Gasteiger partial charge in [-0.3, -0.25) is 0 Å². The molecular formula is C12H24N4O. The van der Waals surface area contributed by atoms with Gasteiger partial charge in [-0.15, -0.1) is 0 Å². The normalized spacial score (nSPS) is 12.7. The van der Waals surface area contributed by atoms with Gasteiger partial charge in [-0.1, -0.05) is 6.92 Å². The maximum absolute atomic E-state index is 9.18. The Balaban J connectivity index is 2.56. The van der Waals surface area contributed by atoms with Crippen LogP contribution in [0.3, 0.4) is 0 Å². The number of aromatic nitrogens is 2. The largest absolute Gasteiger partial charge is 0.394 e. The topological polar surface area (TPSA) is 76.1 Å². The number of nitrogen functional groups attached to an aromatic ring is 1. The maximum atomic E-state index is 9.18. The number of aliphatic hydroxyl groups is 1. The van der Waals surface area contributed by atoms with Gasteiger partial charge < -0.3 is 16.2 Å².